The van der Waals surface area contributed by atoms with Gasteiger partial charge in [-0.25, -0.2) is 9.97 Å². The first-order valence-electron chi connectivity index (χ1n) is 6.54. The number of fused-ring (bicyclic) bond motifs is 1. The van der Waals surface area contributed by atoms with Gasteiger partial charge in [0.05, 0.1) is 28.0 Å². The summed E-state index contributed by atoms with van der Waals surface area (Å²) in [6.07, 6.45) is 3.27. The van der Waals surface area contributed by atoms with Gasteiger partial charge in [-0.15, -0.1) is 0 Å². The smallest absolute Gasteiger partial charge is 0.271 e. The van der Waals surface area contributed by atoms with Crippen molar-refractivity contribution in [3.8, 4) is 0 Å². The normalized spacial score (nSPS) is 10.5. The van der Waals surface area contributed by atoms with Crippen LogP contribution in [0.3, 0.4) is 0 Å². The Morgan fingerprint density at radius 2 is 1.95 bits per heavy atom. The summed E-state index contributed by atoms with van der Waals surface area (Å²) >= 11 is 5.99. The molecule has 3 aromatic rings. The number of hydrazine groups is 1. The van der Waals surface area contributed by atoms with Crippen molar-refractivity contribution in [2.75, 3.05) is 5.43 Å². The Kier molecular flexibility index (Phi) is 3.84. The molecule has 7 heteroatoms. The van der Waals surface area contributed by atoms with Gasteiger partial charge in [0.15, 0.2) is 5.82 Å². The lowest BCUT2D eigenvalue weighted by atomic mass is 10.2. The largest absolute Gasteiger partial charge is 0.280 e. The molecule has 110 valence electrons. The van der Waals surface area contributed by atoms with E-state index >= 15 is 0 Å². The molecule has 0 atom stereocenters. The average molecular weight is 314 g/mol. The number of pyridine rings is 1. The van der Waals surface area contributed by atoms with E-state index in [1.807, 2.05) is 0 Å². The Morgan fingerprint density at radius 3 is 2.77 bits per heavy atom. The number of nitrogens with zero attached hydrogens (tertiary/aromatic N) is 3. The summed E-state index contributed by atoms with van der Waals surface area (Å²) in [5.74, 6) is 0.110. The van der Waals surface area contributed by atoms with Gasteiger partial charge in [-0.1, -0.05) is 23.7 Å². The zero-order valence-corrected chi connectivity index (χ0v) is 12.4. The number of hydrogen-bond donors (Lipinski definition) is 2. The van der Waals surface area contributed by atoms with Crippen LogP contribution in [0.4, 0.5) is 5.82 Å². The number of nitrogens with one attached hydrogen (secondary N) is 2. The Labute approximate surface area is 131 Å². The molecule has 0 radical (unpaired) electrons. The van der Waals surface area contributed by atoms with E-state index in [0.717, 1.165) is 5.52 Å². The number of anilines is 1. The van der Waals surface area contributed by atoms with Gasteiger partial charge in [0.25, 0.3) is 5.91 Å². The number of hydrogen-bond acceptors (Lipinski definition) is 5. The van der Waals surface area contributed by atoms with Crippen LogP contribution in [0.5, 0.6) is 0 Å². The molecule has 0 aliphatic carbocycles. The summed E-state index contributed by atoms with van der Waals surface area (Å²) in [5.41, 5.74) is 7.77. The van der Waals surface area contributed by atoms with E-state index in [2.05, 4.69) is 25.8 Å². The minimum absolute atomic E-state index is 0.349. The van der Waals surface area contributed by atoms with Gasteiger partial charge in [-0.2, -0.15) is 0 Å². The standard InChI is InChI=1S/C15H12ClN5O/c1-9-14(19-13-8-17-7-6-12(13)18-9)20-21-15(22)10-4-2-3-5-11(10)16/h2-8H,1H3,(H,19,20)(H,21,22). The third-order valence-corrected chi connectivity index (χ3v) is 3.38. The van der Waals surface area contributed by atoms with Gasteiger partial charge in [-0.3, -0.25) is 20.6 Å². The Bertz CT molecular complexity index is 852. The molecule has 0 aliphatic rings. The molecule has 0 bridgehead atoms. The monoisotopic (exact) mass is 313 g/mol. The molecule has 2 heterocycles. The van der Waals surface area contributed by atoms with Gasteiger partial charge in [0, 0.05) is 6.20 Å². The molecule has 2 N–H and O–H groups in total. The van der Waals surface area contributed by atoms with Crippen molar-refractivity contribution in [3.63, 3.8) is 0 Å². The van der Waals surface area contributed by atoms with Gasteiger partial charge < -0.3 is 0 Å². The van der Waals surface area contributed by atoms with Crippen molar-refractivity contribution in [2.24, 2.45) is 0 Å². The van der Waals surface area contributed by atoms with E-state index in [9.17, 15) is 4.79 Å². The molecule has 3 rings (SSSR count). The van der Waals surface area contributed by atoms with Crippen LogP contribution in [0.25, 0.3) is 11.0 Å². The summed E-state index contributed by atoms with van der Waals surface area (Å²) in [6.45, 7) is 1.80. The van der Waals surface area contributed by atoms with E-state index in [0.29, 0.717) is 27.6 Å². The van der Waals surface area contributed by atoms with Crippen LogP contribution in [-0.2, 0) is 0 Å². The number of carbonyl (C=O) groups excluding carboxylic acids is 1. The van der Waals surface area contributed by atoms with Crippen LogP contribution >= 0.6 is 11.6 Å². The van der Waals surface area contributed by atoms with Gasteiger partial charge >= 0.3 is 0 Å². The molecule has 0 aliphatic heterocycles. The average Bonchev–Trinajstić information content (AvgIpc) is 2.53. The number of amides is 1. The predicted molar refractivity (Wildman–Crippen MR) is 84.6 cm³/mol. The minimum Gasteiger partial charge on any atom is -0.280 e. The lowest BCUT2D eigenvalue weighted by Gasteiger charge is -2.11. The second kappa shape index (κ2) is 5.95. The summed E-state index contributed by atoms with van der Waals surface area (Å²) in [6, 6.07) is 8.58. The molecule has 0 saturated heterocycles. The molecule has 22 heavy (non-hydrogen) atoms. The van der Waals surface area contributed by atoms with Crippen molar-refractivity contribution >= 4 is 34.4 Å². The van der Waals surface area contributed by atoms with Crippen molar-refractivity contribution in [1.82, 2.24) is 20.4 Å². The van der Waals surface area contributed by atoms with Crippen LogP contribution < -0.4 is 10.9 Å². The third-order valence-electron chi connectivity index (χ3n) is 3.05. The van der Waals surface area contributed by atoms with E-state index < -0.39 is 0 Å². The number of rotatable bonds is 3. The van der Waals surface area contributed by atoms with Crippen LogP contribution in [0.1, 0.15) is 16.1 Å². The quantitative estimate of drug-likeness (QED) is 0.727. The van der Waals surface area contributed by atoms with Crippen LogP contribution in [0.2, 0.25) is 5.02 Å². The fourth-order valence-electron chi connectivity index (χ4n) is 1.94. The van der Waals surface area contributed by atoms with E-state index in [1.165, 1.54) is 0 Å². The number of carbonyl (C=O) groups is 1. The first kappa shape index (κ1) is 14.2. The highest BCUT2D eigenvalue weighted by molar-refractivity contribution is 6.33. The molecule has 2 aromatic heterocycles. The minimum atomic E-state index is -0.349. The van der Waals surface area contributed by atoms with E-state index in [-0.39, 0.29) is 5.91 Å². The Balaban J connectivity index is 1.80. The summed E-state index contributed by atoms with van der Waals surface area (Å²) in [5, 5.41) is 0.382. The molecule has 0 fully saturated rings. The number of halogens is 1. The third kappa shape index (κ3) is 2.82. The Morgan fingerprint density at radius 1 is 1.14 bits per heavy atom. The highest BCUT2D eigenvalue weighted by Gasteiger charge is 2.10. The number of benzene rings is 1. The number of aryl methyl sites for hydroxylation is 1. The molecule has 1 aromatic carbocycles. The maximum Gasteiger partial charge on any atom is 0.271 e. The molecule has 0 saturated carbocycles. The molecule has 1 amide bonds. The Hall–Kier alpha value is -2.73. The maximum absolute atomic E-state index is 12.1. The summed E-state index contributed by atoms with van der Waals surface area (Å²) in [4.78, 5) is 24.9. The van der Waals surface area contributed by atoms with Crippen molar-refractivity contribution in [3.05, 3.63) is 59.0 Å². The second-order valence-electron chi connectivity index (χ2n) is 4.58. The van der Waals surface area contributed by atoms with Crippen LogP contribution in [-0.4, -0.2) is 20.9 Å². The molecular weight excluding hydrogens is 302 g/mol. The van der Waals surface area contributed by atoms with Gasteiger partial charge in [0.2, 0.25) is 0 Å². The van der Waals surface area contributed by atoms with E-state index in [1.54, 1.807) is 49.6 Å². The lowest BCUT2D eigenvalue weighted by molar-refractivity contribution is 0.0962. The second-order valence-corrected chi connectivity index (χ2v) is 4.99. The molecule has 0 spiro atoms. The number of aromatic nitrogens is 3. The van der Waals surface area contributed by atoms with E-state index in [4.69, 9.17) is 11.6 Å². The fourth-order valence-corrected chi connectivity index (χ4v) is 2.16. The lowest BCUT2D eigenvalue weighted by Crippen LogP contribution is -2.30. The van der Waals surface area contributed by atoms with Crippen LogP contribution in [0, 0.1) is 6.92 Å². The van der Waals surface area contributed by atoms with Crippen molar-refractivity contribution in [1.29, 1.82) is 0 Å². The van der Waals surface area contributed by atoms with Gasteiger partial charge in [0.1, 0.15) is 5.52 Å². The highest BCUT2D eigenvalue weighted by Crippen LogP contribution is 2.16. The zero-order chi connectivity index (χ0) is 15.5. The molecule has 6 nitrogen and oxygen atoms in total. The van der Waals surface area contributed by atoms with Crippen LogP contribution in [0.15, 0.2) is 42.7 Å². The summed E-state index contributed by atoms with van der Waals surface area (Å²) < 4.78 is 0. The van der Waals surface area contributed by atoms with Gasteiger partial charge in [-0.05, 0) is 25.1 Å². The predicted octanol–water partition coefficient (Wildman–Crippen LogP) is 2.74. The molecular formula is C15H12ClN5O. The fraction of sp³-hybridized carbons (Fsp3) is 0.0667. The SMILES string of the molecule is Cc1nc2ccncc2nc1NNC(=O)c1ccccc1Cl. The first-order chi connectivity index (χ1) is 10.6. The topological polar surface area (TPSA) is 79.8 Å². The summed E-state index contributed by atoms with van der Waals surface area (Å²) in [7, 11) is 0. The highest BCUT2D eigenvalue weighted by atomic mass is 35.5. The van der Waals surface area contributed by atoms with Crippen molar-refractivity contribution in [2.45, 2.75) is 6.92 Å². The maximum atomic E-state index is 12.1. The first-order valence-corrected chi connectivity index (χ1v) is 6.92. The molecule has 0 unspecified atom stereocenters. The van der Waals surface area contributed by atoms with Crippen molar-refractivity contribution < 1.29 is 4.79 Å². The zero-order valence-electron chi connectivity index (χ0n) is 11.7.